The second-order valence-corrected chi connectivity index (χ2v) is 8.82. The monoisotopic (exact) mass is 452 g/mol. The van der Waals surface area contributed by atoms with Gasteiger partial charge in [-0.25, -0.2) is 9.97 Å². The second-order valence-electron chi connectivity index (χ2n) is 8.82. The van der Waals surface area contributed by atoms with Crippen LogP contribution in [0.4, 0.5) is 17.3 Å². The Morgan fingerprint density at radius 2 is 1.91 bits per heavy atom. The second kappa shape index (κ2) is 9.49. The zero-order valence-corrected chi connectivity index (χ0v) is 19.5. The van der Waals surface area contributed by atoms with Crippen LogP contribution in [0.3, 0.4) is 0 Å². The third-order valence-corrected chi connectivity index (χ3v) is 6.33. The largest absolute Gasteiger partial charge is 0.369 e. The summed E-state index contributed by atoms with van der Waals surface area (Å²) in [5, 5.41) is 17.8. The minimum Gasteiger partial charge on any atom is -0.369 e. The standard InChI is InChI=1S/C26H28N8/c1-19(9-10-27)34-18-21(17-29-34)24-8-3-5-20-16-28-26(31-25(20)24)30-22-6-4-7-23(15-22)33-13-11-32(2)12-14-33/h3-8,15-19H,9,11-14H2,1-2H3,(H,28,30,31). The van der Waals surface area contributed by atoms with Crippen molar-refractivity contribution in [3.63, 3.8) is 0 Å². The molecule has 0 aliphatic carbocycles. The van der Waals surface area contributed by atoms with Gasteiger partial charge in [0.05, 0.1) is 30.2 Å². The third-order valence-electron chi connectivity index (χ3n) is 6.33. The summed E-state index contributed by atoms with van der Waals surface area (Å²) < 4.78 is 1.83. The van der Waals surface area contributed by atoms with Gasteiger partial charge in [-0.1, -0.05) is 24.3 Å². The molecule has 2 aromatic heterocycles. The lowest BCUT2D eigenvalue weighted by Gasteiger charge is -2.34. The summed E-state index contributed by atoms with van der Waals surface area (Å²) in [4.78, 5) is 14.2. The maximum atomic E-state index is 9.00. The highest BCUT2D eigenvalue weighted by atomic mass is 15.3. The van der Waals surface area contributed by atoms with Crippen LogP contribution in [0.25, 0.3) is 22.0 Å². The molecule has 0 radical (unpaired) electrons. The SMILES string of the molecule is CC(CC#N)n1cc(-c2cccc3cnc(Nc4cccc(N5CCN(C)CC5)c4)nc23)cn1. The van der Waals surface area contributed by atoms with E-state index in [-0.39, 0.29) is 6.04 Å². The summed E-state index contributed by atoms with van der Waals surface area (Å²) in [7, 11) is 2.17. The maximum absolute atomic E-state index is 9.00. The van der Waals surface area contributed by atoms with Crippen LogP contribution in [0.1, 0.15) is 19.4 Å². The Hall–Kier alpha value is -3.96. The number of anilines is 3. The lowest BCUT2D eigenvalue weighted by molar-refractivity contribution is 0.313. The van der Waals surface area contributed by atoms with Gasteiger partial charge in [0, 0.05) is 66.5 Å². The van der Waals surface area contributed by atoms with Crippen molar-refractivity contribution < 1.29 is 0 Å². The van der Waals surface area contributed by atoms with Gasteiger partial charge in [0.15, 0.2) is 0 Å². The Morgan fingerprint density at radius 1 is 1.09 bits per heavy atom. The number of aromatic nitrogens is 4. The number of fused-ring (bicyclic) bond motifs is 1. The molecular formula is C26H28N8. The van der Waals surface area contributed by atoms with Crippen LogP contribution in [0.15, 0.2) is 61.1 Å². The van der Waals surface area contributed by atoms with Gasteiger partial charge in [0.2, 0.25) is 5.95 Å². The zero-order valence-electron chi connectivity index (χ0n) is 19.5. The molecule has 1 saturated heterocycles. The van der Waals surface area contributed by atoms with E-state index in [0.29, 0.717) is 12.4 Å². The lowest BCUT2D eigenvalue weighted by Crippen LogP contribution is -2.44. The summed E-state index contributed by atoms with van der Waals surface area (Å²) in [5.41, 5.74) is 4.99. The first kappa shape index (κ1) is 21.9. The van der Waals surface area contributed by atoms with Crippen molar-refractivity contribution in [3.05, 3.63) is 61.1 Å². The van der Waals surface area contributed by atoms with E-state index < -0.39 is 0 Å². The van der Waals surface area contributed by atoms with E-state index in [9.17, 15) is 0 Å². The fraction of sp³-hybridized carbons (Fsp3) is 0.308. The molecule has 1 aliphatic rings. The predicted molar refractivity (Wildman–Crippen MR) is 135 cm³/mol. The Bertz CT molecular complexity index is 1330. The van der Waals surface area contributed by atoms with Crippen molar-refractivity contribution in [3.8, 4) is 17.2 Å². The molecule has 3 heterocycles. The number of nitrogens with one attached hydrogen (secondary N) is 1. The average molecular weight is 453 g/mol. The van der Waals surface area contributed by atoms with Crippen molar-refractivity contribution in [2.24, 2.45) is 0 Å². The minimum atomic E-state index is 0.0214. The van der Waals surface area contributed by atoms with E-state index >= 15 is 0 Å². The fourth-order valence-electron chi connectivity index (χ4n) is 4.27. The molecule has 1 atom stereocenters. The number of piperazine rings is 1. The first-order chi connectivity index (χ1) is 16.6. The van der Waals surface area contributed by atoms with Crippen LogP contribution < -0.4 is 10.2 Å². The van der Waals surface area contributed by atoms with Gasteiger partial charge in [0.25, 0.3) is 0 Å². The molecule has 4 aromatic rings. The van der Waals surface area contributed by atoms with Crippen LogP contribution >= 0.6 is 0 Å². The Balaban J connectivity index is 1.42. The van der Waals surface area contributed by atoms with Crippen molar-refractivity contribution >= 4 is 28.2 Å². The first-order valence-electron chi connectivity index (χ1n) is 11.6. The minimum absolute atomic E-state index is 0.0214. The Kier molecular flexibility index (Phi) is 6.11. The first-order valence-corrected chi connectivity index (χ1v) is 11.6. The highest BCUT2D eigenvalue weighted by Gasteiger charge is 2.15. The summed E-state index contributed by atoms with van der Waals surface area (Å²) in [6, 6.07) is 16.7. The van der Waals surface area contributed by atoms with Crippen LogP contribution in [0.2, 0.25) is 0 Å². The molecule has 2 aromatic carbocycles. The van der Waals surface area contributed by atoms with Gasteiger partial charge < -0.3 is 15.1 Å². The number of rotatable bonds is 6. The van der Waals surface area contributed by atoms with E-state index in [2.05, 4.69) is 56.5 Å². The molecule has 1 N–H and O–H groups in total. The van der Waals surface area contributed by atoms with E-state index in [1.807, 2.05) is 54.5 Å². The number of hydrogen-bond acceptors (Lipinski definition) is 7. The molecule has 1 unspecified atom stereocenters. The molecule has 0 bridgehead atoms. The number of benzene rings is 2. The van der Waals surface area contributed by atoms with Crippen molar-refractivity contribution in [2.45, 2.75) is 19.4 Å². The number of para-hydroxylation sites is 1. The molecule has 8 nitrogen and oxygen atoms in total. The van der Waals surface area contributed by atoms with E-state index in [1.165, 1.54) is 5.69 Å². The fourth-order valence-corrected chi connectivity index (χ4v) is 4.27. The number of likely N-dealkylation sites (N-methyl/N-ethyl adjacent to an activating group) is 1. The molecule has 0 spiro atoms. The van der Waals surface area contributed by atoms with Crippen molar-refractivity contribution in [2.75, 3.05) is 43.4 Å². The summed E-state index contributed by atoms with van der Waals surface area (Å²) in [6.45, 7) is 6.18. The van der Waals surface area contributed by atoms with Gasteiger partial charge in [-0.3, -0.25) is 4.68 Å². The van der Waals surface area contributed by atoms with Crippen molar-refractivity contribution in [1.29, 1.82) is 5.26 Å². The van der Waals surface area contributed by atoms with E-state index in [0.717, 1.165) is 53.9 Å². The quantitative estimate of drug-likeness (QED) is 0.462. The number of hydrogen-bond donors (Lipinski definition) is 1. The average Bonchev–Trinajstić information content (AvgIpc) is 3.35. The Labute approximate surface area is 199 Å². The highest BCUT2D eigenvalue weighted by molar-refractivity contribution is 5.93. The predicted octanol–water partition coefficient (Wildman–Crippen LogP) is 4.46. The smallest absolute Gasteiger partial charge is 0.227 e. The van der Waals surface area contributed by atoms with Gasteiger partial charge in [-0.15, -0.1) is 0 Å². The van der Waals surface area contributed by atoms with Crippen LogP contribution in [0, 0.1) is 11.3 Å². The third kappa shape index (κ3) is 4.56. The molecule has 0 amide bonds. The summed E-state index contributed by atoms with van der Waals surface area (Å²) in [6.07, 6.45) is 6.07. The van der Waals surface area contributed by atoms with E-state index in [4.69, 9.17) is 10.2 Å². The number of nitriles is 1. The normalized spacial score (nSPS) is 15.3. The molecule has 5 rings (SSSR count). The van der Waals surface area contributed by atoms with Crippen LogP contribution in [-0.2, 0) is 0 Å². The van der Waals surface area contributed by atoms with Gasteiger partial charge in [-0.2, -0.15) is 10.4 Å². The van der Waals surface area contributed by atoms with Gasteiger partial charge in [0.1, 0.15) is 0 Å². The molecular weight excluding hydrogens is 424 g/mol. The highest BCUT2D eigenvalue weighted by Crippen LogP contribution is 2.29. The van der Waals surface area contributed by atoms with Crippen LogP contribution in [-0.4, -0.2) is 57.9 Å². The van der Waals surface area contributed by atoms with Gasteiger partial charge >= 0.3 is 0 Å². The van der Waals surface area contributed by atoms with E-state index in [1.54, 1.807) is 0 Å². The summed E-state index contributed by atoms with van der Waals surface area (Å²) >= 11 is 0. The molecule has 0 saturated carbocycles. The topological polar surface area (TPSA) is 85.9 Å². The number of nitrogens with zero attached hydrogens (tertiary/aromatic N) is 7. The summed E-state index contributed by atoms with van der Waals surface area (Å²) in [5.74, 6) is 0.556. The zero-order chi connectivity index (χ0) is 23.5. The molecule has 34 heavy (non-hydrogen) atoms. The maximum Gasteiger partial charge on any atom is 0.227 e. The lowest BCUT2D eigenvalue weighted by atomic mass is 10.1. The molecule has 172 valence electrons. The molecule has 1 fully saturated rings. The molecule has 8 heteroatoms. The van der Waals surface area contributed by atoms with Crippen LogP contribution in [0.5, 0.6) is 0 Å². The molecule has 1 aliphatic heterocycles. The Morgan fingerprint density at radius 3 is 2.74 bits per heavy atom. The van der Waals surface area contributed by atoms with Gasteiger partial charge in [-0.05, 0) is 32.2 Å². The van der Waals surface area contributed by atoms with Crippen molar-refractivity contribution in [1.82, 2.24) is 24.6 Å².